The maximum absolute atomic E-state index is 11.1. The molecule has 0 radical (unpaired) electrons. The van der Waals surface area contributed by atoms with Crippen LogP contribution in [-0.2, 0) is 0 Å². The number of para-hydroxylation sites is 2. The van der Waals surface area contributed by atoms with E-state index < -0.39 is 0 Å². The zero-order valence-electron chi connectivity index (χ0n) is 10.9. The molecule has 2 N–H and O–H groups in total. The van der Waals surface area contributed by atoms with Crippen molar-refractivity contribution in [1.29, 1.82) is 0 Å². The van der Waals surface area contributed by atoms with Crippen LogP contribution in [0.25, 0.3) is 0 Å². The third kappa shape index (κ3) is 3.48. The number of nitrogens with one attached hydrogen (secondary N) is 2. The maximum Gasteiger partial charge on any atom is 0.251 e. The van der Waals surface area contributed by atoms with Gasteiger partial charge < -0.3 is 15.4 Å². The van der Waals surface area contributed by atoms with Crippen LogP contribution >= 0.6 is 0 Å². The Morgan fingerprint density at radius 2 is 1.63 bits per heavy atom. The van der Waals surface area contributed by atoms with Crippen LogP contribution in [0.5, 0.6) is 5.75 Å². The van der Waals surface area contributed by atoms with Crippen LogP contribution in [0.3, 0.4) is 0 Å². The van der Waals surface area contributed by atoms with Crippen molar-refractivity contribution in [3.63, 3.8) is 0 Å². The summed E-state index contributed by atoms with van der Waals surface area (Å²) in [6.07, 6.45) is 0. The summed E-state index contributed by atoms with van der Waals surface area (Å²) in [5.41, 5.74) is 3.20. The van der Waals surface area contributed by atoms with Gasteiger partial charge in [-0.1, -0.05) is 12.1 Å². The van der Waals surface area contributed by atoms with Crippen LogP contribution in [0.1, 0.15) is 10.4 Å². The van der Waals surface area contributed by atoms with E-state index in [1.54, 1.807) is 38.4 Å². The first-order valence-electron chi connectivity index (χ1n) is 5.97. The molecule has 1 heterocycles. The minimum Gasteiger partial charge on any atom is -0.497 e. The fraction of sp³-hybridized carbons (Fsp3) is 0.133. The lowest BCUT2D eigenvalue weighted by molar-refractivity contribution is 0.0963. The van der Waals surface area contributed by atoms with Crippen LogP contribution < -0.4 is 15.4 Å². The molecule has 4 nitrogen and oxygen atoms in total. The molecular weight excluding hydrogens is 240 g/mol. The van der Waals surface area contributed by atoms with Crippen molar-refractivity contribution in [2.24, 2.45) is 0 Å². The highest BCUT2D eigenvalue weighted by Crippen LogP contribution is 2.36. The number of fused-ring (bicyclic) bond motifs is 1. The molecule has 0 unspecified atom stereocenters. The van der Waals surface area contributed by atoms with Crippen molar-refractivity contribution in [3.05, 3.63) is 54.1 Å². The summed E-state index contributed by atoms with van der Waals surface area (Å²) in [6.45, 7) is 0. The number of carbonyl (C=O) groups is 1. The predicted molar refractivity (Wildman–Crippen MR) is 76.1 cm³/mol. The van der Waals surface area contributed by atoms with Gasteiger partial charge in [-0.05, 0) is 36.4 Å². The largest absolute Gasteiger partial charge is 0.497 e. The molecule has 0 aromatic heterocycles. The van der Waals surface area contributed by atoms with E-state index in [0.29, 0.717) is 5.56 Å². The van der Waals surface area contributed by atoms with Gasteiger partial charge in [0.2, 0.25) is 0 Å². The van der Waals surface area contributed by atoms with Crippen molar-refractivity contribution in [2.75, 3.05) is 19.5 Å². The smallest absolute Gasteiger partial charge is 0.251 e. The molecule has 3 rings (SSSR count). The van der Waals surface area contributed by atoms with Gasteiger partial charge in [0.05, 0.1) is 18.5 Å². The van der Waals surface area contributed by atoms with Crippen molar-refractivity contribution in [1.82, 2.24) is 5.32 Å². The standard InChI is InChI=1S/C9H11NO2.C6H5N/c1-10-9(11)7-3-5-8(12-2)6-4-7;1-2-4-6-5(3-1)7-6/h3-6H,1-2H3,(H,10,11);1-4,7H. The summed E-state index contributed by atoms with van der Waals surface area (Å²) in [4.78, 5) is 11.1. The summed E-state index contributed by atoms with van der Waals surface area (Å²) < 4.78 is 4.95. The van der Waals surface area contributed by atoms with E-state index in [0.717, 1.165) is 5.75 Å². The van der Waals surface area contributed by atoms with Crippen LogP contribution in [0.4, 0.5) is 11.4 Å². The number of amides is 1. The van der Waals surface area contributed by atoms with E-state index in [2.05, 4.69) is 22.8 Å². The first-order valence-corrected chi connectivity index (χ1v) is 5.97. The summed E-state index contributed by atoms with van der Waals surface area (Å²) in [5, 5.41) is 5.63. The number of anilines is 2. The number of carbonyl (C=O) groups excluding carboxylic acids is 1. The minimum absolute atomic E-state index is 0.0855. The van der Waals surface area contributed by atoms with Gasteiger partial charge >= 0.3 is 0 Å². The Hall–Kier alpha value is -2.49. The maximum atomic E-state index is 11.1. The van der Waals surface area contributed by atoms with Crippen molar-refractivity contribution in [2.45, 2.75) is 0 Å². The third-order valence-corrected chi connectivity index (χ3v) is 2.71. The molecule has 0 atom stereocenters. The summed E-state index contributed by atoms with van der Waals surface area (Å²) in [6, 6.07) is 15.1. The molecule has 98 valence electrons. The Balaban J connectivity index is 0.000000159. The van der Waals surface area contributed by atoms with E-state index in [4.69, 9.17) is 4.74 Å². The molecular formula is C15H16N2O2. The normalized spacial score (nSPS) is 10.2. The number of benzene rings is 2. The minimum atomic E-state index is -0.0855. The first-order chi connectivity index (χ1) is 9.24. The van der Waals surface area contributed by atoms with Gasteiger partial charge in [0.25, 0.3) is 5.91 Å². The van der Waals surface area contributed by atoms with E-state index in [1.807, 2.05) is 12.1 Å². The highest BCUT2D eigenvalue weighted by atomic mass is 16.5. The zero-order chi connectivity index (χ0) is 13.7. The molecule has 2 aromatic carbocycles. The molecule has 0 saturated heterocycles. The van der Waals surface area contributed by atoms with Crippen molar-refractivity contribution >= 4 is 17.3 Å². The summed E-state index contributed by atoms with van der Waals surface area (Å²) in [5.74, 6) is 0.667. The molecule has 1 amide bonds. The van der Waals surface area contributed by atoms with E-state index in [-0.39, 0.29) is 5.91 Å². The quantitative estimate of drug-likeness (QED) is 0.693. The topological polar surface area (TPSA) is 60.3 Å². The highest BCUT2D eigenvalue weighted by Gasteiger charge is 2.10. The van der Waals surface area contributed by atoms with Gasteiger partial charge in [0, 0.05) is 12.6 Å². The molecule has 4 heteroatoms. The molecule has 2 aromatic rings. The summed E-state index contributed by atoms with van der Waals surface area (Å²) in [7, 11) is 3.20. The lowest BCUT2D eigenvalue weighted by Gasteiger charge is -2.01. The Labute approximate surface area is 112 Å². The molecule has 19 heavy (non-hydrogen) atoms. The lowest BCUT2D eigenvalue weighted by Crippen LogP contribution is -2.17. The fourth-order valence-corrected chi connectivity index (χ4v) is 1.57. The SMILES string of the molecule is CNC(=O)c1ccc(OC)cc1.c1ccc2c(c1)N2. The van der Waals surface area contributed by atoms with Gasteiger partial charge in [-0.25, -0.2) is 0 Å². The number of hydrogen-bond donors (Lipinski definition) is 2. The Kier molecular flexibility index (Phi) is 4.03. The summed E-state index contributed by atoms with van der Waals surface area (Å²) >= 11 is 0. The monoisotopic (exact) mass is 256 g/mol. The first kappa shape index (κ1) is 13.0. The van der Waals surface area contributed by atoms with Crippen molar-refractivity contribution < 1.29 is 9.53 Å². The zero-order valence-corrected chi connectivity index (χ0v) is 10.9. The van der Waals surface area contributed by atoms with Crippen LogP contribution in [0.15, 0.2) is 48.5 Å². The predicted octanol–water partition coefficient (Wildman–Crippen LogP) is 2.80. The Morgan fingerprint density at radius 1 is 1.05 bits per heavy atom. The number of hydrogen-bond acceptors (Lipinski definition) is 3. The fourth-order valence-electron chi connectivity index (χ4n) is 1.57. The number of ether oxygens (including phenoxy) is 1. The van der Waals surface area contributed by atoms with Gasteiger partial charge in [-0.2, -0.15) is 0 Å². The van der Waals surface area contributed by atoms with Gasteiger partial charge in [0.1, 0.15) is 5.75 Å². The second kappa shape index (κ2) is 5.91. The molecule has 1 aliphatic rings. The van der Waals surface area contributed by atoms with E-state index in [1.165, 1.54) is 11.4 Å². The molecule has 1 aliphatic heterocycles. The van der Waals surface area contributed by atoms with Crippen LogP contribution in [0, 0.1) is 0 Å². The van der Waals surface area contributed by atoms with Gasteiger partial charge in [-0.15, -0.1) is 0 Å². The molecule has 0 aliphatic carbocycles. The molecule has 0 spiro atoms. The molecule has 0 bridgehead atoms. The Bertz CT molecular complexity index is 544. The second-order valence-corrected chi connectivity index (χ2v) is 3.98. The lowest BCUT2D eigenvalue weighted by atomic mass is 10.2. The average Bonchev–Trinajstić information content (AvgIpc) is 3.26. The molecule has 0 saturated carbocycles. The Morgan fingerprint density at radius 3 is 2.05 bits per heavy atom. The van der Waals surface area contributed by atoms with Gasteiger partial charge in [0.15, 0.2) is 0 Å². The third-order valence-electron chi connectivity index (χ3n) is 2.71. The van der Waals surface area contributed by atoms with Crippen LogP contribution in [0.2, 0.25) is 0 Å². The average molecular weight is 256 g/mol. The second-order valence-electron chi connectivity index (χ2n) is 3.98. The highest BCUT2D eigenvalue weighted by molar-refractivity contribution is 5.94. The van der Waals surface area contributed by atoms with E-state index in [9.17, 15) is 4.79 Å². The van der Waals surface area contributed by atoms with E-state index >= 15 is 0 Å². The number of methoxy groups -OCH3 is 1. The van der Waals surface area contributed by atoms with Crippen LogP contribution in [-0.4, -0.2) is 20.1 Å². The molecule has 0 fully saturated rings. The van der Waals surface area contributed by atoms with Crippen molar-refractivity contribution in [3.8, 4) is 5.75 Å². The van der Waals surface area contributed by atoms with Gasteiger partial charge in [-0.3, -0.25) is 4.79 Å². The number of rotatable bonds is 2.